The third-order valence-corrected chi connectivity index (χ3v) is 4.43. The van der Waals surface area contributed by atoms with Crippen LogP contribution >= 0.6 is 0 Å². The highest BCUT2D eigenvalue weighted by Gasteiger charge is 2.13. The minimum atomic E-state index is -0.235. The maximum Gasteiger partial charge on any atom is 0.123 e. The zero-order valence-corrected chi connectivity index (χ0v) is 15.1. The summed E-state index contributed by atoms with van der Waals surface area (Å²) in [4.78, 5) is 6.69. The first-order valence-electron chi connectivity index (χ1n) is 8.69. The van der Waals surface area contributed by atoms with Gasteiger partial charge in [0.1, 0.15) is 18.2 Å². The average molecular weight is 350 g/mol. The van der Waals surface area contributed by atoms with Crippen molar-refractivity contribution in [2.45, 2.75) is 26.1 Å². The van der Waals surface area contributed by atoms with Crippen molar-refractivity contribution in [2.24, 2.45) is 0 Å². The number of halogens is 1. The highest BCUT2D eigenvalue weighted by atomic mass is 19.1. The van der Waals surface area contributed by atoms with E-state index in [0.717, 1.165) is 23.6 Å². The smallest absolute Gasteiger partial charge is 0.123 e. The van der Waals surface area contributed by atoms with Crippen molar-refractivity contribution < 1.29 is 9.13 Å². The van der Waals surface area contributed by atoms with Gasteiger partial charge in [-0.05, 0) is 61.5 Å². The van der Waals surface area contributed by atoms with Crippen LogP contribution in [0.15, 0.2) is 72.9 Å². The summed E-state index contributed by atoms with van der Waals surface area (Å²) in [6.45, 7) is 3.37. The zero-order chi connectivity index (χ0) is 18.4. The van der Waals surface area contributed by atoms with E-state index in [9.17, 15) is 4.39 Å². The topological polar surface area (TPSA) is 25.4 Å². The van der Waals surface area contributed by atoms with E-state index in [2.05, 4.69) is 29.9 Å². The summed E-state index contributed by atoms with van der Waals surface area (Å²) in [6.07, 6.45) is 1.82. The van der Waals surface area contributed by atoms with Crippen molar-refractivity contribution in [3.05, 3.63) is 95.6 Å². The van der Waals surface area contributed by atoms with Crippen molar-refractivity contribution in [2.75, 3.05) is 7.05 Å². The number of rotatable bonds is 7. The molecular weight excluding hydrogens is 327 g/mol. The highest BCUT2D eigenvalue weighted by Crippen LogP contribution is 2.21. The normalized spacial score (nSPS) is 12.2. The molecule has 134 valence electrons. The second kappa shape index (κ2) is 8.59. The molecule has 26 heavy (non-hydrogen) atoms. The van der Waals surface area contributed by atoms with Gasteiger partial charge >= 0.3 is 0 Å². The lowest BCUT2D eigenvalue weighted by atomic mass is 10.1. The summed E-state index contributed by atoms with van der Waals surface area (Å²) in [5.41, 5.74) is 3.17. The summed E-state index contributed by atoms with van der Waals surface area (Å²) in [7, 11) is 2.09. The first-order valence-corrected chi connectivity index (χ1v) is 8.69. The van der Waals surface area contributed by atoms with Crippen LogP contribution in [0.3, 0.4) is 0 Å². The fraction of sp³-hybridized carbons (Fsp3) is 0.227. The summed E-state index contributed by atoms with van der Waals surface area (Å²) in [5, 5.41) is 0. The standard InChI is InChI=1S/C22H23FN2O/c1-17(22-8-3-4-13-24-22)25(2)15-19-6-5-7-21(14-19)26-16-18-9-11-20(23)12-10-18/h3-14,17H,15-16H2,1-2H3/t17-/m0/s1. The van der Waals surface area contributed by atoms with E-state index in [0.29, 0.717) is 6.61 Å². The van der Waals surface area contributed by atoms with Gasteiger partial charge in [0.25, 0.3) is 0 Å². The van der Waals surface area contributed by atoms with Crippen molar-refractivity contribution in [3.63, 3.8) is 0 Å². The quantitative estimate of drug-likeness (QED) is 0.600. The van der Waals surface area contributed by atoms with Gasteiger partial charge in [0.05, 0.1) is 5.69 Å². The van der Waals surface area contributed by atoms with Crippen LogP contribution in [0, 0.1) is 5.82 Å². The molecule has 1 atom stereocenters. The molecule has 0 saturated carbocycles. The van der Waals surface area contributed by atoms with Crippen LogP contribution in [0.25, 0.3) is 0 Å². The number of hydrogen-bond acceptors (Lipinski definition) is 3. The van der Waals surface area contributed by atoms with Crippen LogP contribution < -0.4 is 4.74 Å². The molecule has 4 heteroatoms. The Balaban J connectivity index is 1.60. The van der Waals surface area contributed by atoms with Crippen LogP contribution in [0.5, 0.6) is 5.75 Å². The van der Waals surface area contributed by atoms with E-state index in [1.165, 1.54) is 17.7 Å². The molecular formula is C22H23FN2O. The third kappa shape index (κ3) is 4.90. The van der Waals surface area contributed by atoms with Crippen molar-refractivity contribution in [1.82, 2.24) is 9.88 Å². The monoisotopic (exact) mass is 350 g/mol. The van der Waals surface area contributed by atoms with Crippen LogP contribution in [0.1, 0.15) is 29.8 Å². The predicted molar refractivity (Wildman–Crippen MR) is 101 cm³/mol. The maximum absolute atomic E-state index is 13.0. The van der Waals surface area contributed by atoms with Crippen molar-refractivity contribution >= 4 is 0 Å². The fourth-order valence-corrected chi connectivity index (χ4v) is 2.75. The molecule has 3 nitrogen and oxygen atoms in total. The van der Waals surface area contributed by atoms with Crippen LogP contribution in [-0.4, -0.2) is 16.9 Å². The van der Waals surface area contributed by atoms with Gasteiger partial charge in [-0.25, -0.2) is 4.39 Å². The van der Waals surface area contributed by atoms with E-state index in [1.54, 1.807) is 12.1 Å². The Morgan fingerprint density at radius 1 is 1.00 bits per heavy atom. The molecule has 0 radical (unpaired) electrons. The Labute approximate surface area is 154 Å². The van der Waals surface area contributed by atoms with Crippen molar-refractivity contribution in [1.29, 1.82) is 0 Å². The molecule has 0 aliphatic rings. The number of nitrogens with zero attached hydrogens (tertiary/aromatic N) is 2. The minimum Gasteiger partial charge on any atom is -0.489 e. The highest BCUT2D eigenvalue weighted by molar-refractivity contribution is 5.29. The van der Waals surface area contributed by atoms with Gasteiger partial charge in [0.2, 0.25) is 0 Å². The third-order valence-electron chi connectivity index (χ3n) is 4.43. The molecule has 0 aliphatic carbocycles. The summed E-state index contributed by atoms with van der Waals surface area (Å²) in [5.74, 6) is 0.575. The van der Waals surface area contributed by atoms with E-state index in [4.69, 9.17) is 4.74 Å². The van der Waals surface area contributed by atoms with Crippen molar-refractivity contribution in [3.8, 4) is 5.75 Å². The molecule has 0 bridgehead atoms. The zero-order valence-electron chi connectivity index (χ0n) is 15.1. The van der Waals surface area contributed by atoms with Gasteiger partial charge in [-0.15, -0.1) is 0 Å². The molecule has 1 aromatic heterocycles. The Kier molecular flexibility index (Phi) is 5.97. The summed E-state index contributed by atoms with van der Waals surface area (Å²) >= 11 is 0. The fourth-order valence-electron chi connectivity index (χ4n) is 2.75. The van der Waals surface area contributed by atoms with E-state index in [-0.39, 0.29) is 11.9 Å². The number of ether oxygens (including phenoxy) is 1. The Morgan fingerprint density at radius 2 is 1.81 bits per heavy atom. The second-order valence-electron chi connectivity index (χ2n) is 6.41. The van der Waals surface area contributed by atoms with Gasteiger partial charge < -0.3 is 4.74 Å². The SMILES string of the molecule is C[C@@H](c1ccccn1)N(C)Cc1cccc(OCc2ccc(F)cc2)c1. The lowest BCUT2D eigenvalue weighted by Gasteiger charge is -2.24. The number of benzene rings is 2. The lowest BCUT2D eigenvalue weighted by molar-refractivity contribution is 0.247. The number of hydrogen-bond donors (Lipinski definition) is 0. The van der Waals surface area contributed by atoms with E-state index < -0.39 is 0 Å². The molecule has 0 fully saturated rings. The molecule has 3 aromatic rings. The Hall–Kier alpha value is -2.72. The molecule has 0 unspecified atom stereocenters. The molecule has 2 aromatic carbocycles. The van der Waals surface area contributed by atoms with Crippen LogP contribution in [0.2, 0.25) is 0 Å². The van der Waals surface area contributed by atoms with Crippen LogP contribution in [0.4, 0.5) is 4.39 Å². The largest absolute Gasteiger partial charge is 0.489 e. The summed E-state index contributed by atoms with van der Waals surface area (Å²) in [6, 6.07) is 20.6. The van der Waals surface area contributed by atoms with Gasteiger partial charge in [0.15, 0.2) is 0 Å². The Bertz CT molecular complexity index is 821. The molecule has 3 rings (SSSR count). The summed E-state index contributed by atoms with van der Waals surface area (Å²) < 4.78 is 18.8. The van der Waals surface area contributed by atoms with Gasteiger partial charge in [-0.2, -0.15) is 0 Å². The molecule has 0 N–H and O–H groups in total. The molecule has 0 aliphatic heterocycles. The lowest BCUT2D eigenvalue weighted by Crippen LogP contribution is -2.22. The van der Waals surface area contributed by atoms with E-state index >= 15 is 0 Å². The van der Waals surface area contributed by atoms with Gasteiger partial charge in [-0.1, -0.05) is 30.3 Å². The minimum absolute atomic E-state index is 0.222. The maximum atomic E-state index is 13.0. The van der Waals surface area contributed by atoms with Crippen LogP contribution in [-0.2, 0) is 13.2 Å². The molecule has 0 spiro atoms. The van der Waals surface area contributed by atoms with Gasteiger partial charge in [0, 0.05) is 18.8 Å². The predicted octanol–water partition coefficient (Wildman–Crippen LogP) is 4.99. The number of aromatic nitrogens is 1. The van der Waals surface area contributed by atoms with Gasteiger partial charge in [-0.3, -0.25) is 9.88 Å². The Morgan fingerprint density at radius 3 is 2.54 bits per heavy atom. The second-order valence-corrected chi connectivity index (χ2v) is 6.41. The first-order chi connectivity index (χ1) is 12.6. The number of pyridine rings is 1. The molecule has 0 saturated heterocycles. The molecule has 1 heterocycles. The first kappa shape index (κ1) is 18.1. The molecule has 0 amide bonds. The van der Waals surface area contributed by atoms with E-state index in [1.807, 2.05) is 42.6 Å². The average Bonchev–Trinajstić information content (AvgIpc) is 2.68.